The van der Waals surface area contributed by atoms with E-state index in [9.17, 15) is 9.90 Å². The zero-order chi connectivity index (χ0) is 13.8. The van der Waals surface area contributed by atoms with E-state index in [2.05, 4.69) is 12.2 Å². The number of carbonyl (C=O) groups is 1. The van der Waals surface area contributed by atoms with Crippen LogP contribution in [0.15, 0.2) is 0 Å². The molecule has 1 amide bonds. The molecule has 1 fully saturated rings. The lowest BCUT2D eigenvalue weighted by molar-refractivity contribution is -0.134. The van der Waals surface area contributed by atoms with E-state index in [-0.39, 0.29) is 19.1 Å². The monoisotopic (exact) mass is 258 g/mol. The summed E-state index contributed by atoms with van der Waals surface area (Å²) < 4.78 is 0. The second-order valence-electron chi connectivity index (χ2n) is 6.00. The molecule has 0 heterocycles. The van der Waals surface area contributed by atoms with E-state index in [0.717, 1.165) is 25.7 Å². The van der Waals surface area contributed by atoms with Gasteiger partial charge in [0.05, 0.1) is 12.0 Å². The van der Waals surface area contributed by atoms with E-state index < -0.39 is 11.0 Å². The van der Waals surface area contributed by atoms with Gasteiger partial charge in [-0.25, -0.2) is 0 Å². The minimum absolute atomic E-state index is 0.0552. The number of amides is 1. The Morgan fingerprint density at radius 3 is 2.50 bits per heavy atom. The fraction of sp³-hybridized carbons (Fsp3) is 0.923. The zero-order valence-electron chi connectivity index (χ0n) is 11.4. The Labute approximate surface area is 109 Å². The molecule has 0 aromatic rings. The van der Waals surface area contributed by atoms with Gasteiger partial charge in [-0.2, -0.15) is 0 Å². The molecule has 0 spiro atoms. The van der Waals surface area contributed by atoms with Crippen LogP contribution in [-0.2, 0) is 4.79 Å². The van der Waals surface area contributed by atoms with Gasteiger partial charge in [-0.3, -0.25) is 4.79 Å². The molecule has 5 heteroatoms. The number of nitrogens with one attached hydrogen (secondary N) is 1. The fourth-order valence-electron chi connectivity index (χ4n) is 2.35. The van der Waals surface area contributed by atoms with Gasteiger partial charge >= 0.3 is 0 Å². The molecule has 18 heavy (non-hydrogen) atoms. The van der Waals surface area contributed by atoms with E-state index in [1.165, 1.54) is 6.92 Å². The maximum atomic E-state index is 12.2. The molecular weight excluding hydrogens is 232 g/mol. The van der Waals surface area contributed by atoms with Crippen LogP contribution in [0.3, 0.4) is 0 Å². The van der Waals surface area contributed by atoms with Crippen LogP contribution in [0.1, 0.15) is 39.5 Å². The molecule has 5 N–H and O–H groups in total. The summed E-state index contributed by atoms with van der Waals surface area (Å²) >= 11 is 0. The molecular formula is C13H26N2O3. The van der Waals surface area contributed by atoms with Crippen molar-refractivity contribution in [3.63, 3.8) is 0 Å². The van der Waals surface area contributed by atoms with Crippen LogP contribution in [-0.4, -0.2) is 41.4 Å². The lowest BCUT2D eigenvalue weighted by Gasteiger charge is -2.37. The molecule has 1 atom stereocenters. The first kappa shape index (κ1) is 15.4. The second-order valence-corrected chi connectivity index (χ2v) is 6.00. The van der Waals surface area contributed by atoms with E-state index in [1.54, 1.807) is 0 Å². The van der Waals surface area contributed by atoms with Crippen molar-refractivity contribution in [3.8, 4) is 0 Å². The normalized spacial score (nSPS) is 31.7. The number of aliphatic hydroxyl groups excluding tert-OH is 1. The number of aliphatic hydroxyl groups is 2. The molecule has 0 aliphatic heterocycles. The lowest BCUT2D eigenvalue weighted by atomic mass is 9.70. The van der Waals surface area contributed by atoms with Gasteiger partial charge in [0.1, 0.15) is 5.60 Å². The summed E-state index contributed by atoms with van der Waals surface area (Å²) in [5.41, 5.74) is 4.03. The van der Waals surface area contributed by atoms with Gasteiger partial charge in [0.25, 0.3) is 0 Å². The Morgan fingerprint density at radius 1 is 1.50 bits per heavy atom. The van der Waals surface area contributed by atoms with Crippen LogP contribution in [0.2, 0.25) is 0 Å². The highest BCUT2D eigenvalue weighted by molar-refractivity contribution is 5.83. The van der Waals surface area contributed by atoms with Gasteiger partial charge in [-0.05, 0) is 38.5 Å². The predicted octanol–water partition coefficient (Wildman–Crippen LogP) is 0.00110. The topological polar surface area (TPSA) is 95.6 Å². The molecule has 0 bridgehead atoms. The quantitative estimate of drug-likeness (QED) is 0.558. The average molecular weight is 258 g/mol. The Hall–Kier alpha value is -0.650. The minimum Gasteiger partial charge on any atom is -0.393 e. The van der Waals surface area contributed by atoms with Crippen molar-refractivity contribution in [2.75, 3.05) is 19.7 Å². The molecule has 0 saturated heterocycles. The minimum atomic E-state index is -1.27. The van der Waals surface area contributed by atoms with Gasteiger partial charge < -0.3 is 21.3 Å². The summed E-state index contributed by atoms with van der Waals surface area (Å²) in [6.45, 7) is 3.70. The van der Waals surface area contributed by atoms with Gasteiger partial charge in [0.15, 0.2) is 0 Å². The summed E-state index contributed by atoms with van der Waals surface area (Å²) in [5, 5.41) is 21.3. The molecule has 0 aromatic carbocycles. The van der Waals surface area contributed by atoms with Gasteiger partial charge in [0, 0.05) is 13.1 Å². The summed E-state index contributed by atoms with van der Waals surface area (Å²) in [6, 6.07) is 0. The van der Waals surface area contributed by atoms with E-state index >= 15 is 0 Å². The third kappa shape index (κ3) is 3.67. The number of hydrogen-bond donors (Lipinski definition) is 4. The highest BCUT2D eigenvalue weighted by atomic mass is 16.3. The number of carbonyl (C=O) groups excluding carboxylic acids is 1. The van der Waals surface area contributed by atoms with Crippen LogP contribution in [0.4, 0.5) is 0 Å². The van der Waals surface area contributed by atoms with Crippen LogP contribution < -0.4 is 11.1 Å². The predicted molar refractivity (Wildman–Crippen MR) is 69.8 cm³/mol. The van der Waals surface area contributed by atoms with Crippen LogP contribution in [0, 0.1) is 11.3 Å². The van der Waals surface area contributed by atoms with Crippen molar-refractivity contribution in [1.29, 1.82) is 0 Å². The van der Waals surface area contributed by atoms with E-state index in [4.69, 9.17) is 10.8 Å². The van der Waals surface area contributed by atoms with Crippen molar-refractivity contribution < 1.29 is 15.0 Å². The van der Waals surface area contributed by atoms with Crippen molar-refractivity contribution in [2.45, 2.75) is 45.1 Å². The second kappa shape index (κ2) is 5.99. The Morgan fingerprint density at radius 2 is 2.06 bits per heavy atom. The largest absolute Gasteiger partial charge is 0.393 e. The first-order valence-corrected chi connectivity index (χ1v) is 6.67. The van der Waals surface area contributed by atoms with Crippen LogP contribution in [0.25, 0.3) is 0 Å². The highest BCUT2D eigenvalue weighted by Gasteiger charge is 2.40. The number of hydrogen-bond acceptors (Lipinski definition) is 4. The van der Waals surface area contributed by atoms with Gasteiger partial charge in [0.2, 0.25) is 5.91 Å². The van der Waals surface area contributed by atoms with Crippen molar-refractivity contribution >= 4 is 5.91 Å². The molecule has 1 aliphatic rings. The summed E-state index contributed by atoms with van der Waals surface area (Å²) in [6.07, 6.45) is 3.64. The van der Waals surface area contributed by atoms with Crippen LogP contribution >= 0.6 is 0 Å². The third-order valence-corrected chi connectivity index (χ3v) is 4.07. The molecule has 1 saturated carbocycles. The first-order valence-electron chi connectivity index (χ1n) is 6.67. The van der Waals surface area contributed by atoms with Crippen LogP contribution in [0.5, 0.6) is 0 Å². The van der Waals surface area contributed by atoms with E-state index in [1.807, 2.05) is 0 Å². The third-order valence-electron chi connectivity index (χ3n) is 4.07. The SMILES string of the molecule is CC1CCC(CN)(C(=O)NCC(C)(O)CO)CC1. The molecule has 1 rings (SSSR count). The van der Waals surface area contributed by atoms with Crippen molar-refractivity contribution in [2.24, 2.45) is 17.1 Å². The molecule has 106 valence electrons. The maximum Gasteiger partial charge on any atom is 0.227 e. The molecule has 1 aliphatic carbocycles. The molecule has 0 radical (unpaired) electrons. The molecule has 1 unspecified atom stereocenters. The number of nitrogens with two attached hydrogens (primary N) is 1. The summed E-state index contributed by atoms with van der Waals surface area (Å²) in [4.78, 5) is 12.2. The zero-order valence-corrected chi connectivity index (χ0v) is 11.4. The lowest BCUT2D eigenvalue weighted by Crippen LogP contribution is -2.52. The smallest absolute Gasteiger partial charge is 0.227 e. The Kier molecular flexibility index (Phi) is 5.13. The summed E-state index contributed by atoms with van der Waals surface area (Å²) in [7, 11) is 0. The highest BCUT2D eigenvalue weighted by Crippen LogP contribution is 2.38. The van der Waals surface area contributed by atoms with E-state index in [0.29, 0.717) is 12.5 Å². The Bertz CT molecular complexity index is 284. The van der Waals surface area contributed by atoms with Crippen molar-refractivity contribution in [1.82, 2.24) is 5.32 Å². The standard InChI is InChI=1S/C13H26N2O3/c1-10-3-5-13(7-14,6-4-10)11(17)15-8-12(2,18)9-16/h10,16,18H,3-9,14H2,1-2H3,(H,15,17). The fourth-order valence-corrected chi connectivity index (χ4v) is 2.35. The Balaban J connectivity index is 2.57. The van der Waals surface area contributed by atoms with Crippen molar-refractivity contribution in [3.05, 3.63) is 0 Å². The average Bonchev–Trinajstić information content (AvgIpc) is 2.37. The number of rotatable bonds is 5. The maximum absolute atomic E-state index is 12.2. The van der Waals surface area contributed by atoms with Gasteiger partial charge in [-0.1, -0.05) is 6.92 Å². The van der Waals surface area contributed by atoms with Gasteiger partial charge in [-0.15, -0.1) is 0 Å². The first-order chi connectivity index (χ1) is 8.35. The molecule has 0 aromatic heterocycles. The molecule has 5 nitrogen and oxygen atoms in total. The summed E-state index contributed by atoms with van der Waals surface area (Å²) in [5.74, 6) is 0.559.